The van der Waals surface area contributed by atoms with Crippen LogP contribution in [0.3, 0.4) is 0 Å². The minimum Gasteiger partial charge on any atom is -0.550 e. The number of rotatable bonds is 8. The molecule has 0 radical (unpaired) electrons. The van der Waals surface area contributed by atoms with Gasteiger partial charge in [-0.05, 0) is 48.9 Å². The van der Waals surface area contributed by atoms with Crippen LogP contribution in [0.2, 0.25) is 0 Å². The normalized spacial score (nSPS) is 11.5. The van der Waals surface area contributed by atoms with Gasteiger partial charge in [0.1, 0.15) is 0 Å². The fourth-order valence-corrected chi connectivity index (χ4v) is 2.72. The SMILES string of the molecule is Cc1ccccc1C(CCNCc1ccccc1)CC(=O)[O-].[K+]. The van der Waals surface area contributed by atoms with Gasteiger partial charge in [-0.2, -0.15) is 0 Å². The van der Waals surface area contributed by atoms with E-state index < -0.39 is 5.97 Å². The van der Waals surface area contributed by atoms with E-state index in [0.717, 1.165) is 30.6 Å². The Hall–Kier alpha value is -0.494. The molecule has 0 aliphatic rings. The van der Waals surface area contributed by atoms with Gasteiger partial charge in [-0.1, -0.05) is 54.6 Å². The molecular formula is C19H22KNO2. The minimum absolute atomic E-state index is 0. The van der Waals surface area contributed by atoms with Crippen LogP contribution in [0.5, 0.6) is 0 Å². The molecule has 23 heavy (non-hydrogen) atoms. The van der Waals surface area contributed by atoms with Crippen LogP contribution in [-0.4, -0.2) is 12.5 Å². The van der Waals surface area contributed by atoms with E-state index >= 15 is 0 Å². The first-order valence-electron chi connectivity index (χ1n) is 7.67. The standard InChI is InChI=1S/C19H23NO2.K/c1-15-7-5-6-10-18(15)17(13-19(21)22)11-12-20-14-16-8-3-2-4-9-16;/h2-10,17,20H,11-14H2,1H3,(H,21,22);/q;+1/p-1. The van der Waals surface area contributed by atoms with Crippen LogP contribution < -0.4 is 61.8 Å². The summed E-state index contributed by atoms with van der Waals surface area (Å²) < 4.78 is 0. The van der Waals surface area contributed by atoms with Gasteiger partial charge in [0.15, 0.2) is 0 Å². The molecule has 1 atom stereocenters. The van der Waals surface area contributed by atoms with Crippen molar-refractivity contribution in [1.82, 2.24) is 5.32 Å². The van der Waals surface area contributed by atoms with Crippen molar-refractivity contribution in [1.29, 1.82) is 0 Å². The summed E-state index contributed by atoms with van der Waals surface area (Å²) in [4.78, 5) is 11.0. The number of carboxylic acid groups (broad SMARTS) is 1. The minimum atomic E-state index is -0.990. The molecule has 0 heterocycles. The predicted molar refractivity (Wildman–Crippen MR) is 86.3 cm³/mol. The van der Waals surface area contributed by atoms with Crippen LogP contribution in [0.1, 0.15) is 35.4 Å². The van der Waals surface area contributed by atoms with Gasteiger partial charge in [-0.15, -0.1) is 0 Å². The monoisotopic (exact) mass is 335 g/mol. The van der Waals surface area contributed by atoms with E-state index in [2.05, 4.69) is 17.4 Å². The summed E-state index contributed by atoms with van der Waals surface area (Å²) in [6, 6.07) is 18.2. The van der Waals surface area contributed by atoms with Gasteiger partial charge in [0.05, 0.1) is 0 Å². The molecule has 2 aromatic carbocycles. The van der Waals surface area contributed by atoms with E-state index in [-0.39, 0.29) is 63.7 Å². The number of hydrogen-bond donors (Lipinski definition) is 1. The first-order valence-corrected chi connectivity index (χ1v) is 7.67. The number of aryl methyl sites for hydroxylation is 1. The molecule has 1 unspecified atom stereocenters. The summed E-state index contributed by atoms with van der Waals surface area (Å²) >= 11 is 0. The summed E-state index contributed by atoms with van der Waals surface area (Å²) in [6.07, 6.45) is 0.851. The van der Waals surface area contributed by atoms with Gasteiger partial charge in [-0.25, -0.2) is 0 Å². The number of aliphatic carboxylic acids is 1. The number of benzene rings is 2. The molecule has 0 spiro atoms. The maximum Gasteiger partial charge on any atom is 1.00 e. The third-order valence-electron chi connectivity index (χ3n) is 3.88. The number of carbonyl (C=O) groups excluding carboxylic acids is 1. The second kappa shape index (κ2) is 11.1. The molecule has 0 amide bonds. The van der Waals surface area contributed by atoms with Crippen molar-refractivity contribution in [2.45, 2.75) is 32.2 Å². The van der Waals surface area contributed by atoms with Crippen molar-refractivity contribution in [2.75, 3.05) is 6.54 Å². The molecule has 0 saturated heterocycles. The van der Waals surface area contributed by atoms with Gasteiger partial charge in [0.25, 0.3) is 0 Å². The number of carbonyl (C=O) groups is 1. The van der Waals surface area contributed by atoms with E-state index in [9.17, 15) is 9.90 Å². The third-order valence-corrected chi connectivity index (χ3v) is 3.88. The van der Waals surface area contributed by atoms with Crippen molar-refractivity contribution in [3.63, 3.8) is 0 Å². The number of hydrogen-bond acceptors (Lipinski definition) is 3. The maximum absolute atomic E-state index is 11.0. The van der Waals surface area contributed by atoms with Gasteiger partial charge in [0.2, 0.25) is 0 Å². The third kappa shape index (κ3) is 7.29. The van der Waals surface area contributed by atoms with Gasteiger partial charge in [-0.3, -0.25) is 0 Å². The van der Waals surface area contributed by atoms with Crippen molar-refractivity contribution in [2.24, 2.45) is 0 Å². The predicted octanol–water partition coefficient (Wildman–Crippen LogP) is -0.597. The Kier molecular flexibility index (Phi) is 9.94. The van der Waals surface area contributed by atoms with Gasteiger partial charge < -0.3 is 15.2 Å². The molecule has 2 aromatic rings. The van der Waals surface area contributed by atoms with Crippen LogP contribution in [0.25, 0.3) is 0 Å². The van der Waals surface area contributed by atoms with E-state index in [1.165, 1.54) is 5.56 Å². The summed E-state index contributed by atoms with van der Waals surface area (Å²) in [7, 11) is 0. The summed E-state index contributed by atoms with van der Waals surface area (Å²) in [6.45, 7) is 3.60. The first-order chi connectivity index (χ1) is 10.7. The average molecular weight is 335 g/mol. The van der Waals surface area contributed by atoms with Crippen molar-refractivity contribution in [3.8, 4) is 0 Å². The van der Waals surface area contributed by atoms with Crippen molar-refractivity contribution < 1.29 is 61.3 Å². The van der Waals surface area contributed by atoms with Crippen LogP contribution >= 0.6 is 0 Å². The Balaban J connectivity index is 0.00000264. The maximum atomic E-state index is 11.0. The van der Waals surface area contributed by atoms with E-state index in [1.54, 1.807) is 0 Å². The van der Waals surface area contributed by atoms with Crippen LogP contribution in [0, 0.1) is 6.92 Å². The molecule has 0 bridgehead atoms. The first kappa shape index (κ1) is 20.6. The molecule has 0 fully saturated rings. The van der Waals surface area contributed by atoms with E-state index in [0.29, 0.717) is 0 Å². The smallest absolute Gasteiger partial charge is 0.550 e. The Morgan fingerprint density at radius 2 is 1.74 bits per heavy atom. The zero-order chi connectivity index (χ0) is 15.8. The van der Waals surface area contributed by atoms with Crippen molar-refractivity contribution in [3.05, 3.63) is 71.3 Å². The van der Waals surface area contributed by atoms with Crippen molar-refractivity contribution >= 4 is 5.97 Å². The molecule has 1 N–H and O–H groups in total. The summed E-state index contributed by atoms with van der Waals surface area (Å²) in [5.41, 5.74) is 3.47. The molecular weight excluding hydrogens is 313 g/mol. The molecule has 0 saturated carbocycles. The van der Waals surface area contributed by atoms with Crippen LogP contribution in [-0.2, 0) is 11.3 Å². The Bertz CT molecular complexity index is 601. The Morgan fingerprint density at radius 3 is 2.39 bits per heavy atom. The molecule has 0 aliphatic carbocycles. The Morgan fingerprint density at radius 1 is 1.09 bits per heavy atom. The molecule has 4 heteroatoms. The second-order valence-electron chi connectivity index (χ2n) is 5.58. The summed E-state index contributed by atoms with van der Waals surface area (Å²) in [5, 5.41) is 14.4. The molecule has 0 aromatic heterocycles. The number of nitrogens with one attached hydrogen (secondary N) is 1. The summed E-state index contributed by atoms with van der Waals surface area (Å²) in [5.74, 6) is -0.995. The zero-order valence-electron chi connectivity index (χ0n) is 13.9. The molecule has 0 aliphatic heterocycles. The quantitative estimate of drug-likeness (QED) is 0.518. The fourth-order valence-electron chi connectivity index (χ4n) is 2.72. The molecule has 3 nitrogen and oxygen atoms in total. The second-order valence-corrected chi connectivity index (χ2v) is 5.58. The topological polar surface area (TPSA) is 52.2 Å². The van der Waals surface area contributed by atoms with Crippen LogP contribution in [0.15, 0.2) is 54.6 Å². The van der Waals surface area contributed by atoms with Crippen LogP contribution in [0.4, 0.5) is 0 Å². The van der Waals surface area contributed by atoms with Gasteiger partial charge in [0, 0.05) is 12.5 Å². The zero-order valence-corrected chi connectivity index (χ0v) is 17.0. The Labute approximate surface area is 180 Å². The van der Waals surface area contributed by atoms with Gasteiger partial charge >= 0.3 is 51.4 Å². The molecule has 116 valence electrons. The number of carboxylic acids is 1. The van der Waals surface area contributed by atoms with E-state index in [1.807, 2.05) is 49.4 Å². The fraction of sp³-hybridized carbons (Fsp3) is 0.316. The molecule has 2 rings (SSSR count). The average Bonchev–Trinajstić information content (AvgIpc) is 2.51. The largest absolute Gasteiger partial charge is 1.00 e. The van der Waals surface area contributed by atoms with E-state index in [4.69, 9.17) is 0 Å².